The van der Waals surface area contributed by atoms with Gasteiger partial charge in [0.2, 0.25) is 0 Å². The van der Waals surface area contributed by atoms with E-state index in [1.807, 2.05) is 37.3 Å². The van der Waals surface area contributed by atoms with Gasteiger partial charge in [-0.05, 0) is 25.1 Å². The van der Waals surface area contributed by atoms with E-state index in [0.29, 0.717) is 11.2 Å². The number of aromatic amines is 1. The van der Waals surface area contributed by atoms with Crippen LogP contribution in [-0.4, -0.2) is 15.0 Å². The fourth-order valence-electron chi connectivity index (χ4n) is 2.67. The Morgan fingerprint density at radius 1 is 0.957 bits per heavy atom. The summed E-state index contributed by atoms with van der Waals surface area (Å²) in [6, 6.07) is 16.7. The second-order valence-corrected chi connectivity index (χ2v) is 5.53. The molecule has 0 spiro atoms. The topological polar surface area (TPSA) is 41.6 Å². The van der Waals surface area contributed by atoms with Gasteiger partial charge in [-0.2, -0.15) is 0 Å². The number of hydrogen-bond donors (Lipinski definition) is 1. The zero-order valence-corrected chi connectivity index (χ0v) is 12.5. The molecule has 0 aliphatic carbocycles. The molecule has 3 nitrogen and oxygen atoms in total. The number of pyridine rings is 1. The molecule has 0 atom stereocenters. The quantitative estimate of drug-likeness (QED) is 0.581. The van der Waals surface area contributed by atoms with Crippen LogP contribution in [0.1, 0.15) is 5.56 Å². The van der Waals surface area contributed by atoms with Crippen LogP contribution in [0.3, 0.4) is 0 Å². The van der Waals surface area contributed by atoms with Gasteiger partial charge in [0.05, 0.1) is 5.52 Å². The lowest BCUT2D eigenvalue weighted by Crippen LogP contribution is -1.85. The number of aryl methyl sites for hydroxylation is 1. The smallest absolute Gasteiger partial charge is 0.178 e. The summed E-state index contributed by atoms with van der Waals surface area (Å²) in [6.45, 7) is 2.04. The predicted molar refractivity (Wildman–Crippen MR) is 89.5 cm³/mol. The highest BCUT2D eigenvalue weighted by Crippen LogP contribution is 2.26. The van der Waals surface area contributed by atoms with Crippen LogP contribution in [-0.2, 0) is 0 Å². The monoisotopic (exact) mass is 303 g/mol. The summed E-state index contributed by atoms with van der Waals surface area (Å²) in [5.41, 5.74) is 4.87. The third kappa shape index (κ3) is 2.48. The number of nitrogens with zero attached hydrogens (tertiary/aromatic N) is 2. The third-order valence-corrected chi connectivity index (χ3v) is 3.81. The maximum atomic E-state index is 13.9. The zero-order valence-electron chi connectivity index (χ0n) is 12.5. The van der Waals surface area contributed by atoms with Gasteiger partial charge in [-0.3, -0.25) is 0 Å². The Kier molecular flexibility index (Phi) is 3.15. The minimum absolute atomic E-state index is 0.257. The van der Waals surface area contributed by atoms with E-state index in [9.17, 15) is 4.39 Å². The summed E-state index contributed by atoms with van der Waals surface area (Å²) in [6.07, 6.45) is 1.65. The largest absolute Gasteiger partial charge is 0.337 e. The summed E-state index contributed by atoms with van der Waals surface area (Å²) in [5.74, 6) is 0.508. The van der Waals surface area contributed by atoms with Crippen LogP contribution in [0, 0.1) is 12.7 Å². The van der Waals surface area contributed by atoms with Crippen molar-refractivity contribution < 1.29 is 4.39 Å². The van der Waals surface area contributed by atoms with Gasteiger partial charge >= 0.3 is 0 Å². The highest BCUT2D eigenvalue weighted by atomic mass is 19.1. The Morgan fingerprint density at radius 2 is 1.83 bits per heavy atom. The minimum atomic E-state index is -0.257. The molecule has 0 bridgehead atoms. The molecule has 112 valence electrons. The Hall–Kier alpha value is -3.01. The summed E-state index contributed by atoms with van der Waals surface area (Å²) in [5, 5.41) is 0. The first kappa shape index (κ1) is 13.6. The number of imidazole rings is 1. The van der Waals surface area contributed by atoms with E-state index in [-0.39, 0.29) is 5.82 Å². The van der Waals surface area contributed by atoms with Gasteiger partial charge < -0.3 is 4.98 Å². The van der Waals surface area contributed by atoms with E-state index in [1.54, 1.807) is 18.3 Å². The molecule has 2 aromatic carbocycles. The molecule has 23 heavy (non-hydrogen) atoms. The SMILES string of the molecule is Cc1cccc(-c2nc3ncc(-c4ccccc4F)cc3[nH]2)c1. The van der Waals surface area contributed by atoms with Crippen molar-refractivity contribution in [2.24, 2.45) is 0 Å². The second-order valence-electron chi connectivity index (χ2n) is 5.53. The molecule has 2 aromatic heterocycles. The summed E-state index contributed by atoms with van der Waals surface area (Å²) >= 11 is 0. The fraction of sp³-hybridized carbons (Fsp3) is 0.0526. The van der Waals surface area contributed by atoms with Crippen LogP contribution in [0.25, 0.3) is 33.7 Å². The van der Waals surface area contributed by atoms with Crippen molar-refractivity contribution in [1.29, 1.82) is 0 Å². The molecule has 4 heteroatoms. The fourth-order valence-corrected chi connectivity index (χ4v) is 2.67. The number of halogens is 1. The van der Waals surface area contributed by atoms with Crippen molar-refractivity contribution in [3.63, 3.8) is 0 Å². The molecule has 0 amide bonds. The van der Waals surface area contributed by atoms with E-state index in [0.717, 1.165) is 22.5 Å². The van der Waals surface area contributed by atoms with Gasteiger partial charge in [0.25, 0.3) is 0 Å². The zero-order chi connectivity index (χ0) is 15.8. The van der Waals surface area contributed by atoms with Crippen LogP contribution < -0.4 is 0 Å². The van der Waals surface area contributed by atoms with E-state index in [1.165, 1.54) is 11.6 Å². The Balaban J connectivity index is 1.83. The number of benzene rings is 2. The Labute approximate surface area is 132 Å². The first-order valence-electron chi connectivity index (χ1n) is 7.38. The van der Waals surface area contributed by atoms with Crippen molar-refractivity contribution >= 4 is 11.2 Å². The maximum absolute atomic E-state index is 13.9. The molecule has 0 fully saturated rings. The van der Waals surface area contributed by atoms with E-state index in [2.05, 4.69) is 21.0 Å². The summed E-state index contributed by atoms with van der Waals surface area (Å²) < 4.78 is 13.9. The molecular formula is C19H14FN3. The van der Waals surface area contributed by atoms with Crippen LogP contribution in [0.2, 0.25) is 0 Å². The van der Waals surface area contributed by atoms with Crippen LogP contribution in [0.4, 0.5) is 4.39 Å². The van der Waals surface area contributed by atoms with Gasteiger partial charge in [-0.25, -0.2) is 14.4 Å². The van der Waals surface area contributed by atoms with Gasteiger partial charge in [0.15, 0.2) is 5.65 Å². The van der Waals surface area contributed by atoms with E-state index < -0.39 is 0 Å². The highest BCUT2D eigenvalue weighted by molar-refractivity contribution is 5.81. The molecule has 4 aromatic rings. The molecule has 0 aliphatic rings. The minimum Gasteiger partial charge on any atom is -0.337 e. The first-order valence-corrected chi connectivity index (χ1v) is 7.38. The average molecular weight is 303 g/mol. The summed E-state index contributed by atoms with van der Waals surface area (Å²) in [7, 11) is 0. The van der Waals surface area contributed by atoms with Crippen molar-refractivity contribution in [1.82, 2.24) is 15.0 Å². The predicted octanol–water partition coefficient (Wildman–Crippen LogP) is 4.74. The number of fused-ring (bicyclic) bond motifs is 1. The normalized spacial score (nSPS) is 11.0. The average Bonchev–Trinajstić information content (AvgIpc) is 2.98. The first-order chi connectivity index (χ1) is 11.2. The van der Waals surface area contributed by atoms with Gasteiger partial charge in [0.1, 0.15) is 11.6 Å². The van der Waals surface area contributed by atoms with E-state index in [4.69, 9.17) is 0 Å². The van der Waals surface area contributed by atoms with Gasteiger partial charge in [-0.15, -0.1) is 0 Å². The number of hydrogen-bond acceptors (Lipinski definition) is 2. The maximum Gasteiger partial charge on any atom is 0.178 e. The van der Waals surface area contributed by atoms with Crippen LogP contribution >= 0.6 is 0 Å². The number of nitrogens with one attached hydrogen (secondary N) is 1. The van der Waals surface area contributed by atoms with Crippen LogP contribution in [0.15, 0.2) is 60.8 Å². The molecule has 0 saturated carbocycles. The Bertz CT molecular complexity index is 1000. The number of H-pyrrole nitrogens is 1. The van der Waals surface area contributed by atoms with Crippen molar-refractivity contribution in [2.45, 2.75) is 6.92 Å². The van der Waals surface area contributed by atoms with Crippen molar-refractivity contribution in [2.75, 3.05) is 0 Å². The Morgan fingerprint density at radius 3 is 2.65 bits per heavy atom. The lowest BCUT2D eigenvalue weighted by molar-refractivity contribution is 0.631. The number of rotatable bonds is 2. The lowest BCUT2D eigenvalue weighted by atomic mass is 10.1. The van der Waals surface area contributed by atoms with Crippen molar-refractivity contribution in [3.8, 4) is 22.5 Å². The van der Waals surface area contributed by atoms with Gasteiger partial charge in [-0.1, -0.05) is 42.0 Å². The molecule has 4 rings (SSSR count). The van der Waals surface area contributed by atoms with Crippen LogP contribution in [0.5, 0.6) is 0 Å². The summed E-state index contributed by atoms with van der Waals surface area (Å²) in [4.78, 5) is 12.2. The third-order valence-electron chi connectivity index (χ3n) is 3.81. The molecule has 0 aliphatic heterocycles. The molecule has 0 unspecified atom stereocenters. The second kappa shape index (κ2) is 5.32. The van der Waals surface area contributed by atoms with Gasteiger partial charge in [0, 0.05) is 22.9 Å². The molecule has 0 radical (unpaired) electrons. The number of aromatic nitrogens is 3. The molecule has 0 saturated heterocycles. The van der Waals surface area contributed by atoms with E-state index >= 15 is 0 Å². The lowest BCUT2D eigenvalue weighted by Gasteiger charge is -2.02. The molecular weight excluding hydrogens is 289 g/mol. The highest BCUT2D eigenvalue weighted by Gasteiger charge is 2.10. The standard InChI is InChI=1S/C19H14FN3/c1-12-5-4-6-13(9-12)18-22-17-10-14(11-21-19(17)23-18)15-7-2-3-8-16(15)20/h2-11H,1H3,(H,21,22,23). The molecule has 1 N–H and O–H groups in total. The van der Waals surface area contributed by atoms with Crippen molar-refractivity contribution in [3.05, 3.63) is 72.2 Å². The molecule has 2 heterocycles.